The van der Waals surface area contributed by atoms with E-state index in [0.717, 1.165) is 0 Å². The lowest BCUT2D eigenvalue weighted by Crippen LogP contribution is -2.29. The van der Waals surface area contributed by atoms with Gasteiger partial charge in [-0.1, -0.05) is 12.1 Å². The molecule has 34 heavy (non-hydrogen) atoms. The van der Waals surface area contributed by atoms with Crippen LogP contribution in [0.5, 0.6) is 17.2 Å². The zero-order valence-corrected chi connectivity index (χ0v) is 19.2. The number of alkyl halides is 3. The van der Waals surface area contributed by atoms with E-state index in [0.29, 0.717) is 48.3 Å². The predicted molar refractivity (Wildman–Crippen MR) is 121 cm³/mol. The van der Waals surface area contributed by atoms with E-state index in [4.69, 9.17) is 14.2 Å². The van der Waals surface area contributed by atoms with Crippen LogP contribution in [0.15, 0.2) is 41.5 Å². The minimum atomic E-state index is -4.98. The molecule has 0 fully saturated rings. The molecule has 184 valence electrons. The van der Waals surface area contributed by atoms with E-state index < -0.39 is 18.0 Å². The van der Waals surface area contributed by atoms with E-state index in [1.807, 2.05) is 6.92 Å². The molecule has 0 saturated carbocycles. The Morgan fingerprint density at radius 1 is 0.882 bits per heavy atom. The molecule has 0 atom stereocenters. The van der Waals surface area contributed by atoms with Crippen molar-refractivity contribution in [3.05, 3.63) is 47.5 Å². The van der Waals surface area contributed by atoms with Gasteiger partial charge in [0.15, 0.2) is 11.5 Å². The van der Waals surface area contributed by atoms with E-state index in [2.05, 4.69) is 10.5 Å². The Morgan fingerprint density at radius 3 is 1.88 bits per heavy atom. The number of hydrazone groups is 1. The zero-order valence-electron chi connectivity index (χ0n) is 19.2. The van der Waals surface area contributed by atoms with Crippen molar-refractivity contribution in [2.24, 2.45) is 5.10 Å². The van der Waals surface area contributed by atoms with Gasteiger partial charge in [-0.2, -0.15) is 18.3 Å². The largest absolute Gasteiger partial charge is 0.490 e. The maximum absolute atomic E-state index is 12.7. The third-order valence-electron chi connectivity index (χ3n) is 4.31. The van der Waals surface area contributed by atoms with E-state index in [1.165, 1.54) is 36.4 Å². The molecule has 2 aromatic rings. The van der Waals surface area contributed by atoms with Crippen LogP contribution in [0.4, 0.5) is 18.9 Å². The van der Waals surface area contributed by atoms with Gasteiger partial charge in [-0.25, -0.2) is 5.43 Å². The van der Waals surface area contributed by atoms with Gasteiger partial charge in [0.05, 0.1) is 25.5 Å². The first-order valence-electron chi connectivity index (χ1n) is 10.5. The Kier molecular flexibility index (Phi) is 9.28. The van der Waals surface area contributed by atoms with Gasteiger partial charge in [0, 0.05) is 11.3 Å². The molecule has 2 aromatic carbocycles. The van der Waals surface area contributed by atoms with Crippen LogP contribution in [-0.2, 0) is 4.79 Å². The SMILES string of the molecule is CCOc1cc(C(=O)NN=C(C)c2ccc(NC(=O)C(F)(F)F)cc2)cc(OCC)c1OCC. The van der Waals surface area contributed by atoms with E-state index in [9.17, 15) is 22.8 Å². The van der Waals surface area contributed by atoms with Crippen LogP contribution >= 0.6 is 0 Å². The number of hydrogen-bond donors (Lipinski definition) is 2. The van der Waals surface area contributed by atoms with Crippen LogP contribution in [0.25, 0.3) is 0 Å². The summed E-state index contributed by atoms with van der Waals surface area (Å²) in [6.07, 6.45) is -4.98. The third-order valence-corrected chi connectivity index (χ3v) is 4.31. The first-order chi connectivity index (χ1) is 16.1. The number of benzene rings is 2. The van der Waals surface area contributed by atoms with E-state index in [1.54, 1.807) is 26.1 Å². The molecule has 0 aliphatic heterocycles. The highest BCUT2D eigenvalue weighted by molar-refractivity contribution is 6.02. The lowest BCUT2D eigenvalue weighted by atomic mass is 10.1. The number of amides is 2. The lowest BCUT2D eigenvalue weighted by molar-refractivity contribution is -0.167. The molecular weight excluding hydrogens is 455 g/mol. The second-order valence-corrected chi connectivity index (χ2v) is 6.77. The highest BCUT2D eigenvalue weighted by Crippen LogP contribution is 2.39. The molecule has 8 nitrogen and oxygen atoms in total. The smallest absolute Gasteiger partial charge is 0.471 e. The average molecular weight is 481 g/mol. The van der Waals surface area contributed by atoms with Crippen LogP contribution in [0.1, 0.15) is 43.6 Å². The van der Waals surface area contributed by atoms with Gasteiger partial charge >= 0.3 is 12.1 Å². The van der Waals surface area contributed by atoms with Crippen molar-refractivity contribution in [2.75, 3.05) is 25.1 Å². The van der Waals surface area contributed by atoms with Gasteiger partial charge in [0.1, 0.15) is 0 Å². The first kappa shape index (κ1) is 26.5. The Hall–Kier alpha value is -3.76. The van der Waals surface area contributed by atoms with Gasteiger partial charge in [-0.05, 0) is 57.5 Å². The zero-order chi connectivity index (χ0) is 25.3. The number of nitrogens with zero attached hydrogens (tertiary/aromatic N) is 1. The van der Waals surface area contributed by atoms with Crippen molar-refractivity contribution in [3.8, 4) is 17.2 Å². The molecule has 0 aliphatic carbocycles. The molecule has 2 amide bonds. The molecule has 0 unspecified atom stereocenters. The number of rotatable bonds is 10. The molecule has 0 saturated heterocycles. The average Bonchev–Trinajstić information content (AvgIpc) is 2.79. The van der Waals surface area contributed by atoms with Crippen LogP contribution in [0.3, 0.4) is 0 Å². The maximum Gasteiger partial charge on any atom is 0.471 e. The summed E-state index contributed by atoms with van der Waals surface area (Å²) in [4.78, 5) is 23.7. The summed E-state index contributed by atoms with van der Waals surface area (Å²) in [6.45, 7) is 8.13. The molecule has 11 heteroatoms. The molecule has 2 N–H and O–H groups in total. The van der Waals surface area contributed by atoms with E-state index >= 15 is 0 Å². The van der Waals surface area contributed by atoms with Gasteiger partial charge in [0.25, 0.3) is 5.91 Å². The van der Waals surface area contributed by atoms with Crippen molar-refractivity contribution in [1.82, 2.24) is 5.43 Å². The number of nitrogens with one attached hydrogen (secondary N) is 2. The van der Waals surface area contributed by atoms with Crippen LogP contribution in [0, 0.1) is 0 Å². The summed E-state index contributed by atoms with van der Waals surface area (Å²) in [5.74, 6) is -1.47. The number of carbonyl (C=O) groups excluding carboxylic acids is 2. The lowest BCUT2D eigenvalue weighted by Gasteiger charge is -2.16. The number of anilines is 1. The van der Waals surface area contributed by atoms with Gasteiger partial charge < -0.3 is 19.5 Å². The van der Waals surface area contributed by atoms with Crippen LogP contribution in [-0.4, -0.2) is 43.5 Å². The monoisotopic (exact) mass is 481 g/mol. The molecule has 0 bridgehead atoms. The Bertz CT molecular complexity index is 1010. The number of hydrogen-bond acceptors (Lipinski definition) is 6. The van der Waals surface area contributed by atoms with Gasteiger partial charge in [0.2, 0.25) is 5.75 Å². The molecule has 0 heterocycles. The Labute approximate surface area is 195 Å². The summed E-state index contributed by atoms with van der Waals surface area (Å²) in [6, 6.07) is 8.58. The van der Waals surface area contributed by atoms with E-state index in [-0.39, 0.29) is 11.3 Å². The molecule has 0 spiro atoms. The Morgan fingerprint density at radius 2 is 1.41 bits per heavy atom. The van der Waals surface area contributed by atoms with Crippen LogP contribution in [0.2, 0.25) is 0 Å². The second-order valence-electron chi connectivity index (χ2n) is 6.77. The highest BCUT2D eigenvalue weighted by atomic mass is 19.4. The minimum absolute atomic E-state index is 0.0239. The highest BCUT2D eigenvalue weighted by Gasteiger charge is 2.38. The molecule has 2 rings (SSSR count). The standard InChI is InChI=1S/C23H26F3N3O5/c1-5-32-18-12-16(13-19(33-6-2)20(18)34-7-3)21(30)29-28-14(4)15-8-10-17(11-9-15)27-22(31)23(24,25)26/h8-13H,5-7H2,1-4H3,(H,27,31)(H,29,30). The van der Waals surface area contributed by atoms with Crippen LogP contribution < -0.4 is 25.0 Å². The Balaban J connectivity index is 2.18. The fourth-order valence-electron chi connectivity index (χ4n) is 2.78. The van der Waals surface area contributed by atoms with Crippen molar-refractivity contribution >= 4 is 23.2 Å². The van der Waals surface area contributed by atoms with Gasteiger partial charge in [-0.3, -0.25) is 9.59 Å². The number of halogens is 3. The molecule has 0 aliphatic rings. The molecule has 0 radical (unpaired) electrons. The minimum Gasteiger partial charge on any atom is -0.490 e. The topological polar surface area (TPSA) is 98.2 Å². The fraction of sp³-hybridized carbons (Fsp3) is 0.348. The van der Waals surface area contributed by atoms with Crippen molar-refractivity contribution in [1.29, 1.82) is 0 Å². The van der Waals surface area contributed by atoms with Crippen molar-refractivity contribution in [2.45, 2.75) is 33.9 Å². The van der Waals surface area contributed by atoms with Gasteiger partial charge in [-0.15, -0.1) is 0 Å². The summed E-state index contributed by atoms with van der Waals surface area (Å²) in [5.41, 5.74) is 3.56. The quantitative estimate of drug-likeness (QED) is 0.384. The van der Waals surface area contributed by atoms with Crippen molar-refractivity contribution < 1.29 is 37.0 Å². The molecular formula is C23H26F3N3O5. The normalized spacial score (nSPS) is 11.6. The fourth-order valence-corrected chi connectivity index (χ4v) is 2.78. The summed E-state index contributed by atoms with van der Waals surface area (Å²) < 4.78 is 53.9. The maximum atomic E-state index is 12.7. The predicted octanol–water partition coefficient (Wildman–Crippen LogP) is 4.54. The summed E-state index contributed by atoms with van der Waals surface area (Å²) in [7, 11) is 0. The number of carbonyl (C=O) groups is 2. The summed E-state index contributed by atoms with van der Waals surface area (Å²) in [5, 5.41) is 5.80. The summed E-state index contributed by atoms with van der Waals surface area (Å²) >= 11 is 0. The second kappa shape index (κ2) is 11.9. The van der Waals surface area contributed by atoms with Crippen molar-refractivity contribution in [3.63, 3.8) is 0 Å². The first-order valence-corrected chi connectivity index (χ1v) is 10.5. The third kappa shape index (κ3) is 7.12. The number of ether oxygens (including phenoxy) is 3. The molecule has 0 aromatic heterocycles.